The minimum atomic E-state index is -4.58. The molecule has 0 N–H and O–H groups in total. The molecule has 0 fully saturated rings. The van der Waals surface area contributed by atoms with Gasteiger partial charge in [-0.25, -0.2) is 0 Å². The first-order valence-electron chi connectivity index (χ1n) is 5.39. The zero-order valence-corrected chi connectivity index (χ0v) is 9.76. The molecule has 0 aliphatic heterocycles. The van der Waals surface area contributed by atoms with Gasteiger partial charge >= 0.3 is 12.4 Å². The summed E-state index contributed by atoms with van der Waals surface area (Å²) in [5.74, 6) is 0. The lowest BCUT2D eigenvalue weighted by Gasteiger charge is -2.09. The number of rotatable bonds is 1. The Labute approximate surface area is 109 Å². The number of hydrogen-bond donors (Lipinski definition) is 0. The predicted octanol–water partition coefficient (Wildman–Crippen LogP) is 4.79. The lowest BCUT2D eigenvalue weighted by atomic mass is 10.0. The van der Waals surface area contributed by atoms with Gasteiger partial charge < -0.3 is 0 Å². The number of alkyl halides is 6. The molecule has 1 nitrogen and oxygen atoms in total. The quantitative estimate of drug-likeness (QED) is 0.689. The number of halogens is 6. The number of nitrogens with zero attached hydrogens (tertiary/aromatic N) is 1. The van der Waals surface area contributed by atoms with Gasteiger partial charge in [-0.05, 0) is 23.8 Å². The highest BCUT2D eigenvalue weighted by Gasteiger charge is 2.32. The molecule has 0 bridgehead atoms. The van der Waals surface area contributed by atoms with E-state index in [2.05, 4.69) is 4.98 Å². The molecule has 0 amide bonds. The Balaban J connectivity index is 2.38. The third-order valence-electron chi connectivity index (χ3n) is 2.58. The summed E-state index contributed by atoms with van der Waals surface area (Å²) in [6, 6.07) is 6.14. The lowest BCUT2D eigenvalue weighted by molar-refractivity contribution is -0.141. The van der Waals surface area contributed by atoms with E-state index in [0.717, 1.165) is 30.5 Å². The van der Waals surface area contributed by atoms with Crippen LogP contribution in [0.3, 0.4) is 0 Å². The van der Waals surface area contributed by atoms with Crippen LogP contribution in [0.5, 0.6) is 0 Å². The van der Waals surface area contributed by atoms with E-state index in [1.807, 2.05) is 0 Å². The van der Waals surface area contributed by atoms with Gasteiger partial charge in [0.2, 0.25) is 0 Å². The zero-order valence-electron chi connectivity index (χ0n) is 9.76. The molecule has 1 aromatic heterocycles. The van der Waals surface area contributed by atoms with Crippen LogP contribution in [0, 0.1) is 0 Å². The van der Waals surface area contributed by atoms with Gasteiger partial charge in [0, 0.05) is 11.8 Å². The van der Waals surface area contributed by atoms with Crippen molar-refractivity contribution in [2.75, 3.05) is 0 Å². The van der Waals surface area contributed by atoms with Crippen molar-refractivity contribution >= 4 is 0 Å². The summed E-state index contributed by atoms with van der Waals surface area (Å²) in [6.45, 7) is 0. The molecule has 0 unspecified atom stereocenters. The van der Waals surface area contributed by atoms with Gasteiger partial charge in [0.1, 0.15) is 5.69 Å². The van der Waals surface area contributed by atoms with Gasteiger partial charge in [0.05, 0.1) is 5.56 Å². The van der Waals surface area contributed by atoms with Crippen LogP contribution >= 0.6 is 0 Å². The molecule has 0 spiro atoms. The van der Waals surface area contributed by atoms with Crippen molar-refractivity contribution in [3.8, 4) is 11.1 Å². The van der Waals surface area contributed by atoms with Gasteiger partial charge in [0.15, 0.2) is 0 Å². The molecule has 106 valence electrons. The highest BCUT2D eigenvalue weighted by molar-refractivity contribution is 5.63. The summed E-state index contributed by atoms with van der Waals surface area (Å²) in [5, 5.41) is 0. The van der Waals surface area contributed by atoms with E-state index in [0.29, 0.717) is 0 Å². The molecule has 7 heteroatoms. The van der Waals surface area contributed by atoms with Gasteiger partial charge in [-0.3, -0.25) is 4.98 Å². The predicted molar refractivity (Wildman–Crippen MR) is 59.7 cm³/mol. The summed E-state index contributed by atoms with van der Waals surface area (Å²) in [5.41, 5.74) is -1.62. The fourth-order valence-corrected chi connectivity index (χ4v) is 1.61. The Hall–Kier alpha value is -2.05. The highest BCUT2D eigenvalue weighted by atomic mass is 19.4. The first-order chi connectivity index (χ1) is 9.18. The van der Waals surface area contributed by atoms with E-state index in [9.17, 15) is 26.3 Å². The Morgan fingerprint density at radius 1 is 0.750 bits per heavy atom. The van der Waals surface area contributed by atoms with Gasteiger partial charge in [-0.2, -0.15) is 26.3 Å². The van der Waals surface area contributed by atoms with Crippen LogP contribution in [0.25, 0.3) is 11.1 Å². The van der Waals surface area contributed by atoms with E-state index >= 15 is 0 Å². The normalized spacial score (nSPS) is 12.5. The number of aromatic nitrogens is 1. The van der Waals surface area contributed by atoms with Crippen molar-refractivity contribution < 1.29 is 26.3 Å². The Kier molecular flexibility index (Phi) is 3.45. The van der Waals surface area contributed by atoms with E-state index in [-0.39, 0.29) is 11.1 Å². The summed E-state index contributed by atoms with van der Waals surface area (Å²) < 4.78 is 74.6. The van der Waals surface area contributed by atoms with Crippen LogP contribution in [-0.2, 0) is 12.4 Å². The Morgan fingerprint density at radius 2 is 1.45 bits per heavy atom. The van der Waals surface area contributed by atoms with E-state index in [4.69, 9.17) is 0 Å². The van der Waals surface area contributed by atoms with Crippen LogP contribution in [0.4, 0.5) is 26.3 Å². The topological polar surface area (TPSA) is 12.9 Å². The minimum Gasteiger partial charge on any atom is -0.251 e. The largest absolute Gasteiger partial charge is 0.433 e. The van der Waals surface area contributed by atoms with Crippen molar-refractivity contribution in [2.45, 2.75) is 12.4 Å². The van der Waals surface area contributed by atoms with Crippen LogP contribution in [-0.4, -0.2) is 4.98 Å². The van der Waals surface area contributed by atoms with E-state index < -0.39 is 23.6 Å². The van der Waals surface area contributed by atoms with Gasteiger partial charge in [0.25, 0.3) is 0 Å². The van der Waals surface area contributed by atoms with Crippen LogP contribution in [0.1, 0.15) is 11.3 Å². The first-order valence-corrected chi connectivity index (χ1v) is 5.39. The monoisotopic (exact) mass is 291 g/mol. The molecule has 0 saturated carbocycles. The number of pyridine rings is 1. The second kappa shape index (κ2) is 4.81. The molecular weight excluding hydrogens is 284 g/mol. The molecule has 2 aromatic rings. The maximum Gasteiger partial charge on any atom is 0.433 e. The van der Waals surface area contributed by atoms with Crippen LogP contribution < -0.4 is 0 Å². The third-order valence-corrected chi connectivity index (χ3v) is 2.58. The maximum atomic E-state index is 12.5. The fraction of sp³-hybridized carbons (Fsp3) is 0.154. The molecule has 0 atom stereocenters. The van der Waals surface area contributed by atoms with Gasteiger partial charge in [-0.15, -0.1) is 0 Å². The highest BCUT2D eigenvalue weighted by Crippen LogP contribution is 2.33. The van der Waals surface area contributed by atoms with Crippen molar-refractivity contribution in [3.63, 3.8) is 0 Å². The molecule has 0 aliphatic rings. The molecule has 0 saturated heterocycles. The SMILES string of the molecule is FC(F)(F)c1cccc(-c2ccc(C(F)(F)F)nc2)c1. The average molecular weight is 291 g/mol. The van der Waals surface area contributed by atoms with Gasteiger partial charge in [-0.1, -0.05) is 18.2 Å². The van der Waals surface area contributed by atoms with Crippen molar-refractivity contribution in [3.05, 3.63) is 53.9 Å². The maximum absolute atomic E-state index is 12.5. The van der Waals surface area contributed by atoms with Crippen molar-refractivity contribution in [1.82, 2.24) is 4.98 Å². The first kappa shape index (κ1) is 14.4. The van der Waals surface area contributed by atoms with Crippen molar-refractivity contribution in [2.24, 2.45) is 0 Å². The lowest BCUT2D eigenvalue weighted by Crippen LogP contribution is -2.07. The smallest absolute Gasteiger partial charge is 0.251 e. The second-order valence-electron chi connectivity index (χ2n) is 4.01. The van der Waals surface area contributed by atoms with Crippen molar-refractivity contribution in [1.29, 1.82) is 0 Å². The summed E-state index contributed by atoms with van der Waals surface area (Å²) in [7, 11) is 0. The molecule has 20 heavy (non-hydrogen) atoms. The molecule has 1 heterocycles. The number of hydrogen-bond acceptors (Lipinski definition) is 1. The van der Waals surface area contributed by atoms with E-state index in [1.54, 1.807) is 0 Å². The Bertz CT molecular complexity index is 597. The minimum absolute atomic E-state index is 0.154. The third kappa shape index (κ3) is 3.09. The second-order valence-corrected chi connectivity index (χ2v) is 4.01. The van der Waals surface area contributed by atoms with Crippen LogP contribution in [0.15, 0.2) is 42.6 Å². The number of benzene rings is 1. The molecule has 1 aromatic carbocycles. The molecule has 0 aliphatic carbocycles. The summed E-state index contributed by atoms with van der Waals surface area (Å²) in [6.07, 6.45) is -8.18. The molecular formula is C13H7F6N. The average Bonchev–Trinajstić information content (AvgIpc) is 2.37. The Morgan fingerprint density at radius 3 is 1.95 bits per heavy atom. The standard InChI is InChI=1S/C13H7F6N/c14-12(15,16)10-3-1-2-8(6-10)9-4-5-11(20-7-9)13(17,18)19/h1-7H. The summed E-state index contributed by atoms with van der Waals surface area (Å²) >= 11 is 0. The summed E-state index contributed by atoms with van der Waals surface area (Å²) in [4.78, 5) is 3.21. The fourth-order valence-electron chi connectivity index (χ4n) is 1.61. The van der Waals surface area contributed by atoms with Crippen LogP contribution in [0.2, 0.25) is 0 Å². The molecule has 0 radical (unpaired) electrons. The van der Waals surface area contributed by atoms with E-state index in [1.165, 1.54) is 12.1 Å². The molecule has 2 rings (SSSR count). The zero-order chi connectivity index (χ0) is 15.0.